The standard InChI is InChI=1S/C22H26N2O6/c1-14(2)12-23-21(26)16-7-5-6-8-18(16)24-20(25)13-30-22(27)17-10-9-15(28-3)11-19(17)29-4/h5-11,14H,12-13H2,1-4H3,(H,23,26)(H,24,25). The van der Waals surface area contributed by atoms with E-state index in [-0.39, 0.29) is 17.2 Å². The van der Waals surface area contributed by atoms with Crippen LogP contribution in [0.5, 0.6) is 11.5 Å². The molecule has 0 atom stereocenters. The number of rotatable bonds is 9. The molecule has 2 rings (SSSR count). The number of methoxy groups -OCH3 is 2. The fourth-order valence-corrected chi connectivity index (χ4v) is 2.54. The summed E-state index contributed by atoms with van der Waals surface area (Å²) in [5.41, 5.74) is 0.830. The largest absolute Gasteiger partial charge is 0.497 e. The van der Waals surface area contributed by atoms with Crippen LogP contribution in [0.25, 0.3) is 0 Å². The van der Waals surface area contributed by atoms with Crippen LogP contribution < -0.4 is 20.1 Å². The third kappa shape index (κ3) is 6.23. The Morgan fingerprint density at radius 3 is 2.37 bits per heavy atom. The Balaban J connectivity index is 2.00. The Labute approximate surface area is 175 Å². The first-order valence-corrected chi connectivity index (χ1v) is 9.42. The molecule has 0 spiro atoms. The first-order chi connectivity index (χ1) is 14.3. The summed E-state index contributed by atoms with van der Waals surface area (Å²) < 4.78 is 15.3. The van der Waals surface area contributed by atoms with Crippen LogP contribution in [0.15, 0.2) is 42.5 Å². The zero-order chi connectivity index (χ0) is 22.1. The third-order valence-electron chi connectivity index (χ3n) is 4.08. The molecule has 0 heterocycles. The normalized spacial score (nSPS) is 10.3. The summed E-state index contributed by atoms with van der Waals surface area (Å²) in [6, 6.07) is 11.2. The lowest BCUT2D eigenvalue weighted by atomic mass is 10.1. The van der Waals surface area contributed by atoms with Crippen molar-refractivity contribution >= 4 is 23.5 Å². The Bertz CT molecular complexity index is 910. The number of carbonyl (C=O) groups excluding carboxylic acids is 3. The molecule has 0 radical (unpaired) electrons. The van der Waals surface area contributed by atoms with E-state index in [1.807, 2.05) is 13.8 Å². The van der Waals surface area contributed by atoms with E-state index in [1.54, 1.807) is 36.4 Å². The lowest BCUT2D eigenvalue weighted by Crippen LogP contribution is -2.29. The van der Waals surface area contributed by atoms with E-state index in [1.165, 1.54) is 20.3 Å². The summed E-state index contributed by atoms with van der Waals surface area (Å²) in [5, 5.41) is 5.41. The van der Waals surface area contributed by atoms with Gasteiger partial charge in [0.2, 0.25) is 0 Å². The minimum atomic E-state index is -0.715. The molecule has 0 saturated heterocycles. The Kier molecular flexibility index (Phi) is 8.22. The summed E-state index contributed by atoms with van der Waals surface area (Å²) in [7, 11) is 2.91. The average Bonchev–Trinajstić information content (AvgIpc) is 2.75. The molecule has 2 N–H and O–H groups in total. The molecular weight excluding hydrogens is 388 g/mol. The molecule has 8 nitrogen and oxygen atoms in total. The van der Waals surface area contributed by atoms with Crippen LogP contribution >= 0.6 is 0 Å². The monoisotopic (exact) mass is 414 g/mol. The molecule has 2 amide bonds. The molecule has 8 heteroatoms. The number of amides is 2. The number of benzene rings is 2. The Morgan fingerprint density at radius 1 is 0.967 bits per heavy atom. The van der Waals surface area contributed by atoms with E-state index in [2.05, 4.69) is 10.6 Å². The van der Waals surface area contributed by atoms with E-state index < -0.39 is 18.5 Å². The summed E-state index contributed by atoms with van der Waals surface area (Å²) in [6.45, 7) is 3.97. The molecule has 0 aliphatic rings. The summed E-state index contributed by atoms with van der Waals surface area (Å²) in [5.74, 6) is -0.488. The molecule has 0 aliphatic heterocycles. The van der Waals surface area contributed by atoms with E-state index in [4.69, 9.17) is 14.2 Å². The van der Waals surface area contributed by atoms with Crippen LogP contribution in [0.2, 0.25) is 0 Å². The van der Waals surface area contributed by atoms with Crippen molar-refractivity contribution in [3.8, 4) is 11.5 Å². The van der Waals surface area contributed by atoms with E-state index in [0.29, 0.717) is 29.5 Å². The zero-order valence-corrected chi connectivity index (χ0v) is 17.5. The highest BCUT2D eigenvalue weighted by molar-refractivity contribution is 6.04. The number of hydrogen-bond acceptors (Lipinski definition) is 6. The predicted molar refractivity (Wildman–Crippen MR) is 112 cm³/mol. The molecule has 0 saturated carbocycles. The topological polar surface area (TPSA) is 103 Å². The molecular formula is C22H26N2O6. The van der Waals surface area contributed by atoms with Crippen LogP contribution in [0.3, 0.4) is 0 Å². The summed E-state index contributed by atoms with van der Waals surface area (Å²) >= 11 is 0. The number of hydrogen-bond donors (Lipinski definition) is 2. The second kappa shape index (κ2) is 10.8. The van der Waals surface area contributed by atoms with Gasteiger partial charge < -0.3 is 24.8 Å². The van der Waals surface area contributed by atoms with Crippen LogP contribution in [0, 0.1) is 5.92 Å². The van der Waals surface area contributed by atoms with Crippen molar-refractivity contribution < 1.29 is 28.6 Å². The maximum absolute atomic E-state index is 12.4. The van der Waals surface area contributed by atoms with E-state index in [0.717, 1.165) is 0 Å². The van der Waals surface area contributed by atoms with Crippen molar-refractivity contribution in [2.45, 2.75) is 13.8 Å². The number of anilines is 1. The smallest absolute Gasteiger partial charge is 0.342 e. The van der Waals surface area contributed by atoms with Gasteiger partial charge in [0, 0.05) is 12.6 Å². The first kappa shape index (κ1) is 22.7. The SMILES string of the molecule is COc1ccc(C(=O)OCC(=O)Nc2ccccc2C(=O)NCC(C)C)c(OC)c1. The van der Waals surface area contributed by atoms with Gasteiger partial charge >= 0.3 is 5.97 Å². The van der Waals surface area contributed by atoms with Gasteiger partial charge in [0.15, 0.2) is 6.61 Å². The number of para-hydroxylation sites is 1. The Hall–Kier alpha value is -3.55. The molecule has 30 heavy (non-hydrogen) atoms. The molecule has 0 bridgehead atoms. The maximum atomic E-state index is 12.4. The quantitative estimate of drug-likeness (QED) is 0.612. The van der Waals surface area contributed by atoms with Crippen molar-refractivity contribution in [2.75, 3.05) is 32.7 Å². The van der Waals surface area contributed by atoms with E-state index >= 15 is 0 Å². The number of esters is 1. The van der Waals surface area contributed by atoms with Gasteiger partial charge in [0.1, 0.15) is 17.1 Å². The second-order valence-electron chi connectivity index (χ2n) is 6.84. The van der Waals surface area contributed by atoms with Crippen molar-refractivity contribution in [3.05, 3.63) is 53.6 Å². The van der Waals surface area contributed by atoms with Gasteiger partial charge in [-0.3, -0.25) is 9.59 Å². The molecule has 0 fully saturated rings. The van der Waals surface area contributed by atoms with Gasteiger partial charge in [-0.1, -0.05) is 26.0 Å². The van der Waals surface area contributed by atoms with Gasteiger partial charge in [-0.05, 0) is 30.2 Å². The zero-order valence-electron chi connectivity index (χ0n) is 17.5. The molecule has 160 valence electrons. The summed E-state index contributed by atoms with van der Waals surface area (Å²) in [6.07, 6.45) is 0. The van der Waals surface area contributed by atoms with Crippen LogP contribution in [0.4, 0.5) is 5.69 Å². The molecule has 0 unspecified atom stereocenters. The fraction of sp³-hybridized carbons (Fsp3) is 0.318. The molecule has 2 aromatic rings. The van der Waals surface area contributed by atoms with Crippen molar-refractivity contribution in [1.82, 2.24) is 5.32 Å². The van der Waals surface area contributed by atoms with Crippen molar-refractivity contribution in [1.29, 1.82) is 0 Å². The van der Waals surface area contributed by atoms with Crippen LogP contribution in [0.1, 0.15) is 34.6 Å². The van der Waals surface area contributed by atoms with Gasteiger partial charge in [0.25, 0.3) is 11.8 Å². The molecule has 0 aliphatic carbocycles. The second-order valence-corrected chi connectivity index (χ2v) is 6.84. The number of ether oxygens (including phenoxy) is 3. The van der Waals surface area contributed by atoms with Crippen molar-refractivity contribution in [3.63, 3.8) is 0 Å². The fourth-order valence-electron chi connectivity index (χ4n) is 2.54. The minimum absolute atomic E-state index is 0.166. The van der Waals surface area contributed by atoms with Gasteiger partial charge in [-0.15, -0.1) is 0 Å². The maximum Gasteiger partial charge on any atom is 0.342 e. The lowest BCUT2D eigenvalue weighted by molar-refractivity contribution is -0.119. The Morgan fingerprint density at radius 2 is 1.70 bits per heavy atom. The van der Waals surface area contributed by atoms with Gasteiger partial charge in [-0.2, -0.15) is 0 Å². The number of nitrogens with one attached hydrogen (secondary N) is 2. The highest BCUT2D eigenvalue weighted by Crippen LogP contribution is 2.25. The number of carbonyl (C=O) groups is 3. The highest BCUT2D eigenvalue weighted by Gasteiger charge is 2.18. The third-order valence-corrected chi connectivity index (χ3v) is 4.08. The van der Waals surface area contributed by atoms with E-state index in [9.17, 15) is 14.4 Å². The lowest BCUT2D eigenvalue weighted by Gasteiger charge is -2.13. The summed E-state index contributed by atoms with van der Waals surface area (Å²) in [4.78, 5) is 36.9. The molecule has 2 aromatic carbocycles. The van der Waals surface area contributed by atoms with Crippen LogP contribution in [-0.4, -0.2) is 45.2 Å². The predicted octanol–water partition coefficient (Wildman–Crippen LogP) is 2.89. The van der Waals surface area contributed by atoms with Gasteiger partial charge in [-0.25, -0.2) is 4.79 Å². The van der Waals surface area contributed by atoms with Gasteiger partial charge in [0.05, 0.1) is 25.5 Å². The first-order valence-electron chi connectivity index (χ1n) is 9.42. The minimum Gasteiger partial charge on any atom is -0.497 e. The highest BCUT2D eigenvalue weighted by atomic mass is 16.5. The average molecular weight is 414 g/mol. The van der Waals surface area contributed by atoms with Crippen LogP contribution in [-0.2, 0) is 9.53 Å². The molecule has 0 aromatic heterocycles. The van der Waals surface area contributed by atoms with Crippen molar-refractivity contribution in [2.24, 2.45) is 5.92 Å².